The number of carbonyl (C=O) groups excluding carboxylic acids is 1. The molecule has 0 bridgehead atoms. The van der Waals surface area contributed by atoms with E-state index < -0.39 is 6.10 Å². The summed E-state index contributed by atoms with van der Waals surface area (Å²) in [6.07, 6.45) is 0.0909. The number of carbonyl (C=O) groups is 1. The molecule has 0 heterocycles. The number of nitrogens with zero attached hydrogens (tertiary/aromatic N) is 1. The lowest BCUT2D eigenvalue weighted by Gasteiger charge is -2.21. The summed E-state index contributed by atoms with van der Waals surface area (Å²) in [5, 5.41) is 20.5. The van der Waals surface area contributed by atoms with Crippen molar-refractivity contribution in [2.45, 2.75) is 26.0 Å². The minimum atomic E-state index is -0.723. The number of amides is 1. The van der Waals surface area contributed by atoms with E-state index in [0.29, 0.717) is 19.6 Å². The van der Waals surface area contributed by atoms with Crippen molar-refractivity contribution in [2.75, 3.05) is 26.2 Å². The van der Waals surface area contributed by atoms with Crippen LogP contribution in [-0.2, 0) is 4.79 Å². The van der Waals surface area contributed by atoms with Gasteiger partial charge in [-0.05, 0) is 13.8 Å². The van der Waals surface area contributed by atoms with Crippen molar-refractivity contribution < 1.29 is 15.0 Å². The first-order valence-electron chi connectivity index (χ1n) is 4.82. The maximum atomic E-state index is 10.5. The molecule has 5 nitrogen and oxygen atoms in total. The average Bonchev–Trinajstić information content (AvgIpc) is 2.16. The van der Waals surface area contributed by atoms with E-state index in [9.17, 15) is 4.79 Å². The predicted molar refractivity (Wildman–Crippen MR) is 53.9 cm³/mol. The first-order chi connectivity index (χ1) is 6.61. The van der Waals surface area contributed by atoms with E-state index in [2.05, 4.69) is 5.32 Å². The molecule has 1 amide bonds. The Morgan fingerprint density at radius 1 is 1.50 bits per heavy atom. The van der Waals surface area contributed by atoms with Crippen LogP contribution in [0.4, 0.5) is 0 Å². The molecule has 14 heavy (non-hydrogen) atoms. The Morgan fingerprint density at radius 3 is 2.57 bits per heavy atom. The fourth-order valence-electron chi connectivity index (χ4n) is 0.974. The first kappa shape index (κ1) is 13.4. The van der Waals surface area contributed by atoms with E-state index in [1.165, 1.54) is 0 Å². The maximum absolute atomic E-state index is 10.5. The van der Waals surface area contributed by atoms with Gasteiger partial charge in [-0.1, -0.05) is 0 Å². The molecule has 0 aliphatic heterocycles. The van der Waals surface area contributed by atoms with Gasteiger partial charge < -0.3 is 20.4 Å². The summed E-state index contributed by atoms with van der Waals surface area (Å²) in [4.78, 5) is 12.2. The van der Waals surface area contributed by atoms with Gasteiger partial charge >= 0.3 is 0 Å². The molecule has 0 fully saturated rings. The van der Waals surface area contributed by atoms with Crippen LogP contribution in [0, 0.1) is 0 Å². The fourth-order valence-corrected chi connectivity index (χ4v) is 0.974. The van der Waals surface area contributed by atoms with Crippen LogP contribution in [0.5, 0.6) is 0 Å². The molecule has 3 N–H and O–H groups in total. The Balaban J connectivity index is 3.47. The van der Waals surface area contributed by atoms with Gasteiger partial charge in [0.25, 0.3) is 0 Å². The lowest BCUT2D eigenvalue weighted by Crippen LogP contribution is -2.38. The molecule has 0 rings (SSSR count). The number of hydrogen-bond donors (Lipinski definition) is 3. The second kappa shape index (κ2) is 7.73. The summed E-state index contributed by atoms with van der Waals surface area (Å²) >= 11 is 0. The van der Waals surface area contributed by atoms with Crippen LogP contribution in [-0.4, -0.2) is 59.9 Å². The van der Waals surface area contributed by atoms with Crippen molar-refractivity contribution in [2.24, 2.45) is 0 Å². The Hall–Kier alpha value is -0.650. The Labute approximate surface area is 84.7 Å². The normalized spacial score (nSPS) is 12.9. The molecule has 0 aliphatic rings. The number of aliphatic hydroxyl groups is 2. The average molecular weight is 204 g/mol. The van der Waals surface area contributed by atoms with Gasteiger partial charge in [-0.25, -0.2) is 0 Å². The Bertz CT molecular complexity index is 153. The van der Waals surface area contributed by atoms with Gasteiger partial charge in [0.1, 0.15) is 0 Å². The van der Waals surface area contributed by atoms with Crippen molar-refractivity contribution in [3.8, 4) is 0 Å². The molecule has 0 spiro atoms. The van der Waals surface area contributed by atoms with Gasteiger partial charge in [-0.3, -0.25) is 4.79 Å². The van der Waals surface area contributed by atoms with Crippen molar-refractivity contribution >= 4 is 6.41 Å². The SMILES string of the molecule is CC(C)N(C=O)CCNCC(O)CO. The van der Waals surface area contributed by atoms with Crippen LogP contribution < -0.4 is 5.32 Å². The molecule has 0 saturated carbocycles. The molecule has 0 aromatic rings. The number of nitrogens with one attached hydrogen (secondary N) is 1. The highest BCUT2D eigenvalue weighted by Crippen LogP contribution is 1.91. The maximum Gasteiger partial charge on any atom is 0.209 e. The molecule has 0 saturated heterocycles. The van der Waals surface area contributed by atoms with E-state index in [0.717, 1.165) is 6.41 Å². The van der Waals surface area contributed by atoms with Gasteiger partial charge in [0.2, 0.25) is 6.41 Å². The van der Waals surface area contributed by atoms with Crippen LogP contribution in [0.3, 0.4) is 0 Å². The highest BCUT2D eigenvalue weighted by atomic mass is 16.3. The molecule has 0 radical (unpaired) electrons. The van der Waals surface area contributed by atoms with Crippen LogP contribution >= 0.6 is 0 Å². The summed E-state index contributed by atoms with van der Waals surface area (Å²) < 4.78 is 0. The van der Waals surface area contributed by atoms with Crippen molar-refractivity contribution in [3.05, 3.63) is 0 Å². The Kier molecular flexibility index (Phi) is 7.37. The topological polar surface area (TPSA) is 72.8 Å². The number of aliphatic hydroxyl groups excluding tert-OH is 2. The van der Waals surface area contributed by atoms with Crippen molar-refractivity contribution in [3.63, 3.8) is 0 Å². The summed E-state index contributed by atoms with van der Waals surface area (Å²) in [6.45, 7) is 5.22. The molecule has 1 unspecified atom stereocenters. The summed E-state index contributed by atoms with van der Waals surface area (Å²) in [7, 11) is 0. The molecule has 0 aromatic carbocycles. The molecule has 1 atom stereocenters. The van der Waals surface area contributed by atoms with E-state index in [4.69, 9.17) is 10.2 Å². The highest BCUT2D eigenvalue weighted by molar-refractivity contribution is 5.47. The zero-order valence-corrected chi connectivity index (χ0v) is 8.81. The van der Waals surface area contributed by atoms with Gasteiger partial charge in [-0.2, -0.15) is 0 Å². The minimum absolute atomic E-state index is 0.192. The van der Waals surface area contributed by atoms with Crippen molar-refractivity contribution in [1.82, 2.24) is 10.2 Å². The lowest BCUT2D eigenvalue weighted by molar-refractivity contribution is -0.119. The third-order valence-electron chi connectivity index (χ3n) is 1.94. The van der Waals surface area contributed by atoms with E-state index in [1.807, 2.05) is 13.8 Å². The van der Waals surface area contributed by atoms with Crippen LogP contribution in [0.15, 0.2) is 0 Å². The van der Waals surface area contributed by atoms with Gasteiger partial charge in [-0.15, -0.1) is 0 Å². The third kappa shape index (κ3) is 5.90. The molecular formula is C9H20N2O3. The van der Waals surface area contributed by atoms with Crippen LogP contribution in [0.1, 0.15) is 13.8 Å². The molecule has 5 heteroatoms. The summed E-state index contributed by atoms with van der Waals surface area (Å²) in [6, 6.07) is 0.192. The highest BCUT2D eigenvalue weighted by Gasteiger charge is 2.05. The van der Waals surface area contributed by atoms with Gasteiger partial charge in [0.05, 0.1) is 12.7 Å². The van der Waals surface area contributed by atoms with Crippen LogP contribution in [0.25, 0.3) is 0 Å². The first-order valence-corrected chi connectivity index (χ1v) is 4.82. The third-order valence-corrected chi connectivity index (χ3v) is 1.94. The second-order valence-electron chi connectivity index (χ2n) is 3.48. The summed E-state index contributed by atoms with van der Waals surface area (Å²) in [5.74, 6) is 0. The zero-order valence-electron chi connectivity index (χ0n) is 8.81. The smallest absolute Gasteiger partial charge is 0.209 e. The second-order valence-corrected chi connectivity index (χ2v) is 3.48. The van der Waals surface area contributed by atoms with Crippen LogP contribution in [0.2, 0.25) is 0 Å². The molecule has 0 aromatic heterocycles. The molecular weight excluding hydrogens is 184 g/mol. The van der Waals surface area contributed by atoms with Crippen molar-refractivity contribution in [1.29, 1.82) is 0 Å². The standard InChI is InChI=1S/C9H20N2O3/c1-8(2)11(7-13)4-3-10-5-9(14)6-12/h7-10,12,14H,3-6H2,1-2H3. The van der Waals surface area contributed by atoms with Gasteiger partial charge in [0, 0.05) is 25.7 Å². The molecule has 0 aliphatic carbocycles. The monoisotopic (exact) mass is 204 g/mol. The minimum Gasteiger partial charge on any atom is -0.394 e. The van der Waals surface area contributed by atoms with E-state index >= 15 is 0 Å². The van der Waals surface area contributed by atoms with Gasteiger partial charge in [0.15, 0.2) is 0 Å². The predicted octanol–water partition coefficient (Wildman–Crippen LogP) is -1.20. The molecule has 84 valence electrons. The largest absolute Gasteiger partial charge is 0.394 e. The quantitative estimate of drug-likeness (QED) is 0.343. The zero-order chi connectivity index (χ0) is 11.0. The summed E-state index contributed by atoms with van der Waals surface area (Å²) in [5.41, 5.74) is 0. The fraction of sp³-hybridized carbons (Fsp3) is 0.889. The Morgan fingerprint density at radius 2 is 2.14 bits per heavy atom. The van der Waals surface area contributed by atoms with E-state index in [1.54, 1.807) is 4.90 Å². The van der Waals surface area contributed by atoms with E-state index in [-0.39, 0.29) is 12.6 Å². The lowest BCUT2D eigenvalue weighted by atomic mass is 10.3. The number of rotatable bonds is 8. The number of hydrogen-bond acceptors (Lipinski definition) is 4.